The second kappa shape index (κ2) is 6.20. The lowest BCUT2D eigenvalue weighted by molar-refractivity contribution is -0.121. The van der Waals surface area contributed by atoms with Crippen molar-refractivity contribution in [3.63, 3.8) is 0 Å². The van der Waals surface area contributed by atoms with Gasteiger partial charge in [-0.2, -0.15) is 0 Å². The predicted octanol–water partition coefficient (Wildman–Crippen LogP) is 1.95. The molecule has 1 amide bonds. The normalized spacial score (nSPS) is 10.2. The van der Waals surface area contributed by atoms with Gasteiger partial charge in [0.15, 0.2) is 0 Å². The zero-order chi connectivity index (χ0) is 8.69. The fourth-order valence-electron chi connectivity index (χ4n) is 1.11. The third kappa shape index (κ3) is 4.82. The molecule has 11 heavy (non-hydrogen) atoms. The molecule has 0 fully saturated rings. The lowest BCUT2D eigenvalue weighted by Crippen LogP contribution is -2.24. The molecule has 0 aliphatic rings. The predicted molar refractivity (Wildman–Crippen MR) is 47.4 cm³/mol. The number of rotatable bonds is 5. The van der Waals surface area contributed by atoms with Gasteiger partial charge in [0, 0.05) is 13.0 Å². The highest BCUT2D eigenvalue weighted by Crippen LogP contribution is 2.11. The Morgan fingerprint density at radius 1 is 1.27 bits per heavy atom. The van der Waals surface area contributed by atoms with Gasteiger partial charge in [-0.05, 0) is 12.8 Å². The minimum atomic E-state index is 0.196. The van der Waals surface area contributed by atoms with Gasteiger partial charge in [-0.1, -0.05) is 26.7 Å². The highest BCUT2D eigenvalue weighted by molar-refractivity contribution is 5.76. The Bertz CT molecular complexity index is 108. The Labute approximate surface area is 69.4 Å². The van der Waals surface area contributed by atoms with Crippen molar-refractivity contribution in [3.8, 4) is 0 Å². The summed E-state index contributed by atoms with van der Waals surface area (Å²) >= 11 is 0. The van der Waals surface area contributed by atoms with Gasteiger partial charge >= 0.3 is 0 Å². The van der Waals surface area contributed by atoms with Crippen molar-refractivity contribution in [2.24, 2.45) is 5.92 Å². The summed E-state index contributed by atoms with van der Waals surface area (Å²) in [5, 5.41) is 2.81. The van der Waals surface area contributed by atoms with Gasteiger partial charge in [0.25, 0.3) is 0 Å². The summed E-state index contributed by atoms with van der Waals surface area (Å²) in [5.41, 5.74) is 0. The molecule has 0 unspecified atom stereocenters. The van der Waals surface area contributed by atoms with Crippen LogP contribution in [0.4, 0.5) is 0 Å². The SMILES string of the molecule is CCNC(=O)CC(CC)CC. The van der Waals surface area contributed by atoms with E-state index in [1.54, 1.807) is 0 Å². The molecule has 0 spiro atoms. The van der Waals surface area contributed by atoms with Crippen molar-refractivity contribution >= 4 is 5.91 Å². The third-order valence-corrected chi connectivity index (χ3v) is 2.00. The van der Waals surface area contributed by atoms with E-state index in [2.05, 4.69) is 19.2 Å². The Morgan fingerprint density at radius 3 is 2.18 bits per heavy atom. The van der Waals surface area contributed by atoms with E-state index in [1.807, 2.05) is 6.92 Å². The van der Waals surface area contributed by atoms with E-state index in [1.165, 1.54) is 0 Å². The largest absolute Gasteiger partial charge is 0.356 e. The van der Waals surface area contributed by atoms with Crippen LogP contribution in [-0.2, 0) is 4.79 Å². The fourth-order valence-corrected chi connectivity index (χ4v) is 1.11. The molecule has 2 heteroatoms. The summed E-state index contributed by atoms with van der Waals surface area (Å²) in [4.78, 5) is 11.1. The number of carbonyl (C=O) groups excluding carboxylic acids is 1. The molecule has 0 saturated carbocycles. The number of nitrogens with one attached hydrogen (secondary N) is 1. The van der Waals surface area contributed by atoms with Gasteiger partial charge in [-0.25, -0.2) is 0 Å². The number of carbonyl (C=O) groups is 1. The quantitative estimate of drug-likeness (QED) is 0.649. The summed E-state index contributed by atoms with van der Waals surface area (Å²) in [6.07, 6.45) is 2.90. The first-order valence-electron chi connectivity index (χ1n) is 4.51. The van der Waals surface area contributed by atoms with Crippen LogP contribution in [0.15, 0.2) is 0 Å². The lowest BCUT2D eigenvalue weighted by atomic mass is 9.99. The Kier molecular flexibility index (Phi) is 5.90. The van der Waals surface area contributed by atoms with E-state index in [9.17, 15) is 4.79 Å². The summed E-state index contributed by atoms with van der Waals surface area (Å²) in [6.45, 7) is 6.96. The summed E-state index contributed by atoms with van der Waals surface area (Å²) in [6, 6.07) is 0. The zero-order valence-corrected chi connectivity index (χ0v) is 7.81. The Morgan fingerprint density at radius 2 is 1.82 bits per heavy atom. The molecule has 0 radical (unpaired) electrons. The van der Waals surface area contributed by atoms with Crippen LogP contribution in [0.2, 0.25) is 0 Å². The lowest BCUT2D eigenvalue weighted by Gasteiger charge is -2.10. The first-order valence-corrected chi connectivity index (χ1v) is 4.51. The van der Waals surface area contributed by atoms with E-state index in [0.717, 1.165) is 19.4 Å². The fraction of sp³-hybridized carbons (Fsp3) is 0.889. The molecular formula is C9H19NO. The van der Waals surface area contributed by atoms with Crippen LogP contribution in [0.25, 0.3) is 0 Å². The van der Waals surface area contributed by atoms with Crippen molar-refractivity contribution in [2.45, 2.75) is 40.0 Å². The molecule has 0 aliphatic heterocycles. The molecular weight excluding hydrogens is 138 g/mol. The van der Waals surface area contributed by atoms with E-state index in [0.29, 0.717) is 12.3 Å². The molecule has 0 aromatic carbocycles. The van der Waals surface area contributed by atoms with E-state index >= 15 is 0 Å². The maximum Gasteiger partial charge on any atom is 0.220 e. The van der Waals surface area contributed by atoms with E-state index in [4.69, 9.17) is 0 Å². The van der Waals surface area contributed by atoms with Crippen LogP contribution in [-0.4, -0.2) is 12.5 Å². The highest BCUT2D eigenvalue weighted by atomic mass is 16.1. The molecule has 0 aromatic rings. The van der Waals surface area contributed by atoms with Gasteiger partial charge in [0.05, 0.1) is 0 Å². The Balaban J connectivity index is 3.54. The summed E-state index contributed by atoms with van der Waals surface area (Å²) in [5.74, 6) is 0.766. The van der Waals surface area contributed by atoms with Gasteiger partial charge in [0.2, 0.25) is 5.91 Å². The second-order valence-corrected chi connectivity index (χ2v) is 2.84. The molecule has 0 rings (SSSR count). The molecule has 0 bridgehead atoms. The Hall–Kier alpha value is -0.530. The van der Waals surface area contributed by atoms with Crippen LogP contribution in [0, 0.1) is 5.92 Å². The number of hydrogen-bond donors (Lipinski definition) is 1. The minimum absolute atomic E-state index is 0.196. The molecule has 0 saturated heterocycles. The second-order valence-electron chi connectivity index (χ2n) is 2.84. The molecule has 66 valence electrons. The molecule has 0 aromatic heterocycles. The molecule has 0 aliphatic carbocycles. The van der Waals surface area contributed by atoms with Crippen molar-refractivity contribution in [1.82, 2.24) is 5.32 Å². The van der Waals surface area contributed by atoms with Crippen LogP contribution >= 0.6 is 0 Å². The smallest absolute Gasteiger partial charge is 0.220 e. The maximum absolute atomic E-state index is 11.1. The summed E-state index contributed by atoms with van der Waals surface area (Å²) in [7, 11) is 0. The highest BCUT2D eigenvalue weighted by Gasteiger charge is 2.08. The molecule has 1 N–H and O–H groups in total. The molecule has 0 atom stereocenters. The van der Waals surface area contributed by atoms with E-state index < -0.39 is 0 Å². The molecule has 2 nitrogen and oxygen atoms in total. The third-order valence-electron chi connectivity index (χ3n) is 2.00. The average Bonchev–Trinajstić information content (AvgIpc) is 2.01. The first kappa shape index (κ1) is 10.5. The van der Waals surface area contributed by atoms with Gasteiger partial charge in [0.1, 0.15) is 0 Å². The standard InChI is InChI=1S/C9H19NO/c1-4-8(5-2)7-9(11)10-6-3/h8H,4-7H2,1-3H3,(H,10,11). The number of amides is 1. The first-order chi connectivity index (χ1) is 5.24. The van der Waals surface area contributed by atoms with Crippen molar-refractivity contribution < 1.29 is 4.79 Å². The van der Waals surface area contributed by atoms with Crippen LogP contribution in [0.5, 0.6) is 0 Å². The van der Waals surface area contributed by atoms with Crippen molar-refractivity contribution in [3.05, 3.63) is 0 Å². The van der Waals surface area contributed by atoms with Crippen LogP contribution < -0.4 is 5.32 Å². The number of hydrogen-bond acceptors (Lipinski definition) is 1. The average molecular weight is 157 g/mol. The van der Waals surface area contributed by atoms with Gasteiger partial charge in [-0.15, -0.1) is 0 Å². The van der Waals surface area contributed by atoms with E-state index in [-0.39, 0.29) is 5.91 Å². The maximum atomic E-state index is 11.1. The minimum Gasteiger partial charge on any atom is -0.356 e. The van der Waals surface area contributed by atoms with Gasteiger partial charge < -0.3 is 5.32 Å². The topological polar surface area (TPSA) is 29.1 Å². The van der Waals surface area contributed by atoms with Crippen molar-refractivity contribution in [1.29, 1.82) is 0 Å². The van der Waals surface area contributed by atoms with Crippen LogP contribution in [0.1, 0.15) is 40.0 Å². The monoisotopic (exact) mass is 157 g/mol. The summed E-state index contributed by atoms with van der Waals surface area (Å²) < 4.78 is 0. The van der Waals surface area contributed by atoms with Gasteiger partial charge in [-0.3, -0.25) is 4.79 Å². The zero-order valence-electron chi connectivity index (χ0n) is 7.81. The van der Waals surface area contributed by atoms with Crippen molar-refractivity contribution in [2.75, 3.05) is 6.54 Å². The van der Waals surface area contributed by atoms with Crippen LogP contribution in [0.3, 0.4) is 0 Å². The molecule has 0 heterocycles.